The highest BCUT2D eigenvalue weighted by molar-refractivity contribution is 7.98. The van der Waals surface area contributed by atoms with Gasteiger partial charge in [0.15, 0.2) is 0 Å². The van der Waals surface area contributed by atoms with Crippen molar-refractivity contribution in [1.82, 2.24) is 4.90 Å². The fraction of sp³-hybridized carbons (Fsp3) is 0.429. The molecule has 0 saturated carbocycles. The first-order valence-corrected chi connectivity index (χ1v) is 7.47. The molecule has 102 valence electrons. The van der Waals surface area contributed by atoms with Gasteiger partial charge in [0.1, 0.15) is 0 Å². The number of carboxylic acids is 1. The van der Waals surface area contributed by atoms with Crippen molar-refractivity contribution >= 4 is 23.6 Å². The molecular formula is C14H17NO3S. The molecule has 1 heterocycles. The van der Waals surface area contributed by atoms with Crippen LogP contribution in [0, 0.1) is 5.92 Å². The lowest BCUT2D eigenvalue weighted by Crippen LogP contribution is -2.28. The molecule has 1 aromatic carbocycles. The first kappa shape index (κ1) is 13.9. The average molecular weight is 279 g/mol. The highest BCUT2D eigenvalue weighted by Gasteiger charge is 2.28. The van der Waals surface area contributed by atoms with E-state index in [9.17, 15) is 9.59 Å². The lowest BCUT2D eigenvalue weighted by Gasteiger charge is -2.16. The second-order valence-corrected chi connectivity index (χ2v) is 5.61. The van der Waals surface area contributed by atoms with Crippen LogP contribution in [0.15, 0.2) is 29.2 Å². The van der Waals surface area contributed by atoms with Gasteiger partial charge < -0.3 is 10.0 Å². The van der Waals surface area contributed by atoms with E-state index in [0.29, 0.717) is 18.7 Å². The minimum absolute atomic E-state index is 0.000502. The number of nitrogens with zero attached hydrogens (tertiary/aromatic N) is 1. The molecule has 0 radical (unpaired) electrons. The van der Waals surface area contributed by atoms with Gasteiger partial charge in [-0.05, 0) is 42.9 Å². The maximum Gasteiger partial charge on any atom is 0.303 e. The Morgan fingerprint density at radius 3 is 2.63 bits per heavy atom. The van der Waals surface area contributed by atoms with Crippen molar-refractivity contribution in [3.8, 4) is 0 Å². The molecule has 0 aromatic heterocycles. The molecule has 0 aliphatic carbocycles. The van der Waals surface area contributed by atoms with Gasteiger partial charge in [0.2, 0.25) is 0 Å². The standard InChI is InChI=1S/C14H17NO3S/c1-19-12-4-2-11(3-5-12)14(18)15-7-6-10(9-15)8-13(16)17/h2-5,10H,6-9H2,1H3,(H,16,17). The minimum atomic E-state index is -0.788. The summed E-state index contributed by atoms with van der Waals surface area (Å²) in [6.07, 6.45) is 2.92. The Labute approximate surface area is 116 Å². The van der Waals surface area contributed by atoms with E-state index in [2.05, 4.69) is 0 Å². The molecule has 1 fully saturated rings. The Bertz CT molecular complexity index is 472. The lowest BCUT2D eigenvalue weighted by molar-refractivity contribution is -0.138. The Hall–Kier alpha value is -1.49. The number of thioether (sulfide) groups is 1. The molecule has 2 rings (SSSR count). The largest absolute Gasteiger partial charge is 0.481 e. The van der Waals surface area contributed by atoms with Crippen molar-refractivity contribution in [3.63, 3.8) is 0 Å². The van der Waals surface area contributed by atoms with Crippen LogP contribution in [0.1, 0.15) is 23.2 Å². The van der Waals surface area contributed by atoms with Gasteiger partial charge in [-0.15, -0.1) is 11.8 Å². The van der Waals surface area contributed by atoms with Crippen LogP contribution >= 0.6 is 11.8 Å². The number of rotatable bonds is 4. The van der Waals surface area contributed by atoms with Gasteiger partial charge in [-0.2, -0.15) is 0 Å². The summed E-state index contributed by atoms with van der Waals surface area (Å²) in [6.45, 7) is 1.20. The molecule has 1 amide bonds. The molecule has 0 bridgehead atoms. The predicted octanol–water partition coefficient (Wildman–Crippen LogP) is 2.35. The summed E-state index contributed by atoms with van der Waals surface area (Å²) < 4.78 is 0. The number of carbonyl (C=O) groups excluding carboxylic acids is 1. The van der Waals surface area contributed by atoms with E-state index < -0.39 is 5.97 Å². The van der Waals surface area contributed by atoms with Crippen molar-refractivity contribution < 1.29 is 14.7 Å². The molecule has 5 heteroatoms. The lowest BCUT2D eigenvalue weighted by atomic mass is 10.1. The number of hydrogen-bond acceptors (Lipinski definition) is 3. The summed E-state index contributed by atoms with van der Waals surface area (Å²) in [7, 11) is 0. The topological polar surface area (TPSA) is 57.6 Å². The second kappa shape index (κ2) is 6.10. The van der Waals surface area contributed by atoms with Gasteiger partial charge in [0, 0.05) is 30.0 Å². The van der Waals surface area contributed by atoms with Crippen molar-refractivity contribution in [2.45, 2.75) is 17.7 Å². The zero-order valence-electron chi connectivity index (χ0n) is 10.8. The summed E-state index contributed by atoms with van der Waals surface area (Å²) in [5.74, 6) is -0.698. The Kier molecular flexibility index (Phi) is 4.47. The van der Waals surface area contributed by atoms with E-state index in [1.807, 2.05) is 30.5 Å². The molecule has 1 atom stereocenters. The fourth-order valence-electron chi connectivity index (χ4n) is 2.35. The number of hydrogen-bond donors (Lipinski definition) is 1. The molecule has 1 saturated heterocycles. The quantitative estimate of drug-likeness (QED) is 0.860. The molecule has 1 aromatic rings. The van der Waals surface area contributed by atoms with Crippen molar-refractivity contribution in [1.29, 1.82) is 0 Å². The summed E-state index contributed by atoms with van der Waals surface area (Å²) in [5, 5.41) is 8.77. The number of likely N-dealkylation sites (tertiary alicyclic amines) is 1. The summed E-state index contributed by atoms with van der Waals surface area (Å²) in [5.41, 5.74) is 0.675. The van der Waals surface area contributed by atoms with E-state index in [-0.39, 0.29) is 18.2 Å². The molecule has 4 nitrogen and oxygen atoms in total. The van der Waals surface area contributed by atoms with Crippen molar-refractivity contribution in [2.75, 3.05) is 19.3 Å². The highest BCUT2D eigenvalue weighted by atomic mass is 32.2. The Balaban J connectivity index is 1.98. The molecule has 1 unspecified atom stereocenters. The van der Waals surface area contributed by atoms with Crippen LogP contribution in [0.25, 0.3) is 0 Å². The van der Waals surface area contributed by atoms with Crippen LogP contribution in [-0.4, -0.2) is 41.2 Å². The maximum atomic E-state index is 12.2. The van der Waals surface area contributed by atoms with Crippen LogP contribution in [0.4, 0.5) is 0 Å². The van der Waals surface area contributed by atoms with Gasteiger partial charge >= 0.3 is 5.97 Å². The highest BCUT2D eigenvalue weighted by Crippen LogP contribution is 2.22. The summed E-state index contributed by atoms with van der Waals surface area (Å²) >= 11 is 1.64. The molecule has 1 aliphatic rings. The Morgan fingerprint density at radius 1 is 1.37 bits per heavy atom. The van der Waals surface area contributed by atoms with Crippen LogP contribution in [-0.2, 0) is 4.79 Å². The SMILES string of the molecule is CSc1ccc(C(=O)N2CCC(CC(=O)O)C2)cc1. The zero-order valence-corrected chi connectivity index (χ0v) is 11.7. The third-order valence-corrected chi connectivity index (χ3v) is 4.12. The summed E-state index contributed by atoms with van der Waals surface area (Å²) in [6, 6.07) is 7.53. The van der Waals surface area contributed by atoms with E-state index in [1.54, 1.807) is 16.7 Å². The van der Waals surface area contributed by atoms with E-state index in [1.165, 1.54) is 0 Å². The van der Waals surface area contributed by atoms with Crippen LogP contribution in [0.2, 0.25) is 0 Å². The van der Waals surface area contributed by atoms with Gasteiger partial charge in [-0.1, -0.05) is 0 Å². The van der Waals surface area contributed by atoms with Crippen molar-refractivity contribution in [2.24, 2.45) is 5.92 Å². The Morgan fingerprint density at radius 2 is 2.05 bits per heavy atom. The van der Waals surface area contributed by atoms with Gasteiger partial charge in [0.25, 0.3) is 5.91 Å². The first-order chi connectivity index (χ1) is 9.10. The van der Waals surface area contributed by atoms with E-state index in [4.69, 9.17) is 5.11 Å². The maximum absolute atomic E-state index is 12.2. The fourth-order valence-corrected chi connectivity index (χ4v) is 2.76. The van der Waals surface area contributed by atoms with Crippen LogP contribution in [0.5, 0.6) is 0 Å². The van der Waals surface area contributed by atoms with E-state index in [0.717, 1.165) is 11.3 Å². The average Bonchev–Trinajstić information content (AvgIpc) is 2.85. The molecule has 19 heavy (non-hydrogen) atoms. The first-order valence-electron chi connectivity index (χ1n) is 6.25. The number of carboxylic acid groups (broad SMARTS) is 1. The number of amides is 1. The predicted molar refractivity (Wildman–Crippen MR) is 74.5 cm³/mol. The third kappa shape index (κ3) is 3.50. The smallest absolute Gasteiger partial charge is 0.303 e. The number of carbonyl (C=O) groups is 2. The number of aliphatic carboxylic acids is 1. The van der Waals surface area contributed by atoms with Gasteiger partial charge in [0.05, 0.1) is 0 Å². The monoisotopic (exact) mass is 279 g/mol. The molecule has 0 spiro atoms. The van der Waals surface area contributed by atoms with Crippen LogP contribution in [0.3, 0.4) is 0 Å². The van der Waals surface area contributed by atoms with E-state index >= 15 is 0 Å². The van der Waals surface area contributed by atoms with Gasteiger partial charge in [-0.3, -0.25) is 9.59 Å². The normalized spacial score (nSPS) is 18.6. The van der Waals surface area contributed by atoms with Crippen molar-refractivity contribution in [3.05, 3.63) is 29.8 Å². The summed E-state index contributed by atoms with van der Waals surface area (Å²) in [4.78, 5) is 25.8. The molecular weight excluding hydrogens is 262 g/mol. The second-order valence-electron chi connectivity index (χ2n) is 4.73. The zero-order chi connectivity index (χ0) is 13.8. The number of benzene rings is 1. The molecule has 1 N–H and O–H groups in total. The molecule has 1 aliphatic heterocycles. The minimum Gasteiger partial charge on any atom is -0.481 e. The third-order valence-electron chi connectivity index (χ3n) is 3.37. The van der Waals surface area contributed by atoms with Crippen LogP contribution < -0.4 is 0 Å². The van der Waals surface area contributed by atoms with Gasteiger partial charge in [-0.25, -0.2) is 0 Å².